The lowest BCUT2D eigenvalue weighted by atomic mass is 9.90. The molecule has 0 saturated heterocycles. The van der Waals surface area contributed by atoms with E-state index in [0.717, 1.165) is 46.0 Å². The van der Waals surface area contributed by atoms with Crippen molar-refractivity contribution < 1.29 is 14.3 Å². The Labute approximate surface area is 182 Å². The Morgan fingerprint density at radius 3 is 2.86 bits per heavy atom. The molecule has 0 aliphatic carbocycles. The zero-order valence-corrected chi connectivity index (χ0v) is 19.4. The van der Waals surface area contributed by atoms with Crippen LogP contribution in [0.5, 0.6) is 0 Å². The predicted octanol–water partition coefficient (Wildman–Crippen LogP) is 4.35. The molecule has 4 heterocycles. The average Bonchev–Trinajstić information content (AvgIpc) is 3.30. The second-order valence-corrected chi connectivity index (χ2v) is 10.3. The third kappa shape index (κ3) is 3.87. The number of esters is 1. The fourth-order valence-corrected chi connectivity index (χ4v) is 6.13. The Morgan fingerprint density at radius 2 is 2.14 bits per heavy atom. The van der Waals surface area contributed by atoms with Gasteiger partial charge in [0.05, 0.1) is 30.5 Å². The highest BCUT2D eigenvalue weighted by atomic mass is 32.2. The highest BCUT2D eigenvalue weighted by Gasteiger charge is 2.33. The van der Waals surface area contributed by atoms with Crippen molar-refractivity contribution in [2.24, 2.45) is 0 Å². The van der Waals surface area contributed by atoms with Gasteiger partial charge < -0.3 is 9.47 Å². The minimum absolute atomic E-state index is 0.171. The van der Waals surface area contributed by atoms with Crippen LogP contribution in [0.3, 0.4) is 0 Å². The molecule has 0 aromatic carbocycles. The van der Waals surface area contributed by atoms with Gasteiger partial charge in [-0.25, -0.2) is 9.38 Å². The van der Waals surface area contributed by atoms with E-state index >= 15 is 0 Å². The van der Waals surface area contributed by atoms with Crippen molar-refractivity contribution in [2.45, 2.75) is 62.6 Å². The number of methoxy groups -OCH3 is 1. The summed E-state index contributed by atoms with van der Waals surface area (Å²) in [5, 5.41) is 11.5. The third-order valence-corrected chi connectivity index (χ3v) is 8.30. The lowest BCUT2D eigenvalue weighted by Crippen LogP contribution is -2.33. The molecule has 3 aromatic rings. The summed E-state index contributed by atoms with van der Waals surface area (Å²) in [5.74, 6) is 0.860. The van der Waals surface area contributed by atoms with Crippen molar-refractivity contribution >= 4 is 56.7 Å². The molecule has 10 heteroatoms. The molecular formula is C19H24N4O3S3. The molecule has 0 spiro atoms. The van der Waals surface area contributed by atoms with Gasteiger partial charge in [0, 0.05) is 17.1 Å². The van der Waals surface area contributed by atoms with Crippen LogP contribution in [0.4, 0.5) is 0 Å². The Morgan fingerprint density at radius 1 is 1.31 bits per heavy atom. The summed E-state index contributed by atoms with van der Waals surface area (Å²) in [6, 6.07) is 0. The maximum absolute atomic E-state index is 11.6. The normalized spacial score (nSPS) is 19.0. The molecule has 156 valence electrons. The van der Waals surface area contributed by atoms with Crippen LogP contribution in [-0.4, -0.2) is 49.8 Å². The van der Waals surface area contributed by atoms with Gasteiger partial charge in [-0.15, -0.1) is 21.5 Å². The van der Waals surface area contributed by atoms with Gasteiger partial charge >= 0.3 is 5.97 Å². The van der Waals surface area contributed by atoms with E-state index in [4.69, 9.17) is 14.5 Å². The molecule has 0 saturated carbocycles. The third-order valence-electron chi connectivity index (χ3n) is 5.15. The molecule has 1 unspecified atom stereocenters. The fourth-order valence-electron chi connectivity index (χ4n) is 3.31. The monoisotopic (exact) mass is 452 g/mol. The molecule has 0 amide bonds. The minimum Gasteiger partial charge on any atom is -0.468 e. The number of carbonyl (C=O) groups excluding carboxylic acids is 1. The summed E-state index contributed by atoms with van der Waals surface area (Å²) < 4.78 is 12.9. The summed E-state index contributed by atoms with van der Waals surface area (Å²) in [6.45, 7) is 7.08. The summed E-state index contributed by atoms with van der Waals surface area (Å²) in [6.07, 6.45) is 2.84. The summed E-state index contributed by atoms with van der Waals surface area (Å²) in [7, 11) is 1.39. The number of rotatable bonds is 7. The van der Waals surface area contributed by atoms with Crippen LogP contribution in [0, 0.1) is 0 Å². The van der Waals surface area contributed by atoms with Gasteiger partial charge in [-0.1, -0.05) is 37.4 Å². The Hall–Kier alpha value is -1.36. The Bertz CT molecular complexity index is 1060. The fraction of sp³-hybridized carbons (Fsp3) is 0.579. The summed E-state index contributed by atoms with van der Waals surface area (Å²) >= 11 is 4.71. The zero-order valence-electron chi connectivity index (χ0n) is 17.0. The number of aromatic nitrogens is 4. The summed E-state index contributed by atoms with van der Waals surface area (Å²) in [4.78, 5) is 18.8. The van der Waals surface area contributed by atoms with E-state index in [9.17, 15) is 4.79 Å². The molecule has 4 rings (SSSR count). The first-order valence-electron chi connectivity index (χ1n) is 9.65. The lowest BCUT2D eigenvalue weighted by molar-refractivity contribution is -0.137. The second-order valence-electron chi connectivity index (χ2n) is 7.20. The number of thiophene rings is 1. The Balaban J connectivity index is 1.87. The van der Waals surface area contributed by atoms with Gasteiger partial charge in [0.2, 0.25) is 0 Å². The average molecular weight is 453 g/mol. The topological polar surface area (TPSA) is 78.6 Å². The maximum Gasteiger partial charge on any atom is 0.316 e. The van der Waals surface area contributed by atoms with Crippen molar-refractivity contribution in [3.8, 4) is 0 Å². The van der Waals surface area contributed by atoms with Gasteiger partial charge in [0.15, 0.2) is 16.0 Å². The van der Waals surface area contributed by atoms with Gasteiger partial charge in [0.25, 0.3) is 0 Å². The first kappa shape index (κ1) is 20.9. The van der Waals surface area contributed by atoms with E-state index in [2.05, 4.69) is 31.0 Å². The van der Waals surface area contributed by atoms with Crippen molar-refractivity contribution in [2.75, 3.05) is 18.6 Å². The molecule has 3 aromatic heterocycles. The van der Waals surface area contributed by atoms with E-state index in [1.165, 1.54) is 29.3 Å². The largest absolute Gasteiger partial charge is 0.468 e. The first-order chi connectivity index (χ1) is 14.0. The second kappa shape index (κ2) is 8.41. The van der Waals surface area contributed by atoms with E-state index in [1.807, 2.05) is 4.40 Å². The number of hydrogen-bond donors (Lipinski definition) is 0. The number of carbonyl (C=O) groups is 1. The van der Waals surface area contributed by atoms with E-state index in [0.29, 0.717) is 11.8 Å². The van der Waals surface area contributed by atoms with E-state index in [1.54, 1.807) is 23.1 Å². The maximum atomic E-state index is 11.6. The molecule has 29 heavy (non-hydrogen) atoms. The molecular weight excluding hydrogens is 428 g/mol. The van der Waals surface area contributed by atoms with Crippen LogP contribution in [0.1, 0.15) is 44.1 Å². The molecule has 0 fully saturated rings. The molecule has 1 aliphatic heterocycles. The van der Waals surface area contributed by atoms with Crippen LogP contribution in [0.15, 0.2) is 10.3 Å². The molecule has 1 atom stereocenters. The Kier molecular flexibility index (Phi) is 6.06. The highest BCUT2D eigenvalue weighted by Crippen LogP contribution is 2.42. The number of fused-ring (bicyclic) bond motifs is 5. The van der Waals surface area contributed by atoms with Crippen molar-refractivity contribution in [1.29, 1.82) is 0 Å². The number of hydrogen-bond acceptors (Lipinski definition) is 9. The highest BCUT2D eigenvalue weighted by molar-refractivity contribution is 8.00. The van der Waals surface area contributed by atoms with Gasteiger partial charge in [-0.2, -0.15) is 0 Å². The van der Waals surface area contributed by atoms with Gasteiger partial charge in [0.1, 0.15) is 4.83 Å². The molecule has 0 bridgehead atoms. The zero-order chi connectivity index (χ0) is 20.6. The lowest BCUT2D eigenvalue weighted by Gasteiger charge is -2.33. The van der Waals surface area contributed by atoms with Gasteiger partial charge in [-0.3, -0.25) is 4.79 Å². The van der Waals surface area contributed by atoms with Crippen molar-refractivity contribution in [3.63, 3.8) is 0 Å². The van der Waals surface area contributed by atoms with Crippen LogP contribution >= 0.6 is 34.9 Å². The van der Waals surface area contributed by atoms with Crippen LogP contribution < -0.4 is 0 Å². The van der Waals surface area contributed by atoms with E-state index in [-0.39, 0.29) is 17.3 Å². The first-order valence-corrected chi connectivity index (χ1v) is 12.4. The van der Waals surface area contributed by atoms with Gasteiger partial charge in [-0.05, 0) is 25.3 Å². The summed E-state index contributed by atoms with van der Waals surface area (Å²) in [5.41, 5.74) is 1.93. The standard InChI is InChI=1S/C19H24N4O3S3/c1-5-7-27-17-20-16-14(11-8-19(3,6-2)26-9-12(11)29-16)15-21-22-18(23(15)17)28-10-13(24)25-4/h5-10H2,1-4H3. The van der Waals surface area contributed by atoms with Crippen molar-refractivity contribution in [1.82, 2.24) is 19.6 Å². The predicted molar refractivity (Wildman–Crippen MR) is 117 cm³/mol. The SMILES string of the molecule is CCCSc1nc2sc3c(c2c2nnc(SCC(=O)OC)n12)CC(C)(CC)OC3. The quantitative estimate of drug-likeness (QED) is 0.297. The van der Waals surface area contributed by atoms with Crippen LogP contribution in [-0.2, 0) is 27.3 Å². The van der Waals surface area contributed by atoms with E-state index < -0.39 is 0 Å². The smallest absolute Gasteiger partial charge is 0.316 e. The molecule has 0 radical (unpaired) electrons. The number of nitrogens with zero attached hydrogens (tertiary/aromatic N) is 4. The number of thioether (sulfide) groups is 2. The molecule has 0 N–H and O–H groups in total. The minimum atomic E-state index is -0.285. The molecule has 1 aliphatic rings. The number of ether oxygens (including phenoxy) is 2. The van der Waals surface area contributed by atoms with Crippen LogP contribution in [0.2, 0.25) is 0 Å². The van der Waals surface area contributed by atoms with Crippen molar-refractivity contribution in [3.05, 3.63) is 10.4 Å². The molecule has 7 nitrogen and oxygen atoms in total. The van der Waals surface area contributed by atoms with Crippen LogP contribution in [0.25, 0.3) is 15.9 Å².